The minimum absolute atomic E-state index is 0. The van der Waals surface area contributed by atoms with E-state index >= 15 is 0 Å². The second-order valence-corrected chi connectivity index (χ2v) is 11.0. The monoisotopic (exact) mass is 641 g/mol. The number of aromatic nitrogens is 3. The van der Waals surface area contributed by atoms with Gasteiger partial charge in [-0.2, -0.15) is 4.39 Å². The highest BCUT2D eigenvalue weighted by Crippen LogP contribution is 2.32. The van der Waals surface area contributed by atoms with E-state index in [1.165, 1.54) is 31.6 Å². The number of β-amino-alcohol motifs (C(OH)–C–C–N with tert-alkyl or cyclic N) is 1. The fourth-order valence-corrected chi connectivity index (χ4v) is 5.88. The molecule has 14 heteroatoms. The Kier molecular flexibility index (Phi) is 9.51. The van der Waals surface area contributed by atoms with E-state index in [4.69, 9.17) is 4.74 Å². The van der Waals surface area contributed by atoms with Gasteiger partial charge in [-0.05, 0) is 55.8 Å². The van der Waals surface area contributed by atoms with Gasteiger partial charge >= 0.3 is 0 Å². The maximum atomic E-state index is 14.8. The summed E-state index contributed by atoms with van der Waals surface area (Å²) in [7, 11) is 1.27. The molecule has 2 aliphatic heterocycles. The minimum Gasteiger partial charge on any atom is -0.494 e. The molecule has 2 fully saturated rings. The van der Waals surface area contributed by atoms with Crippen molar-refractivity contribution in [3.8, 4) is 17.0 Å². The zero-order valence-corrected chi connectivity index (χ0v) is 25.6. The number of hydrogen-bond acceptors (Lipinski definition) is 8. The molecule has 2 saturated heterocycles. The summed E-state index contributed by atoms with van der Waals surface area (Å²) in [6.45, 7) is 4.65. The summed E-state index contributed by atoms with van der Waals surface area (Å²) >= 11 is 0. The number of rotatable bonds is 6. The molecule has 0 bridgehead atoms. The number of amides is 2. The first-order valence-electron chi connectivity index (χ1n) is 14.5. The van der Waals surface area contributed by atoms with Crippen LogP contribution >= 0.6 is 12.4 Å². The lowest BCUT2D eigenvalue weighted by Gasteiger charge is -2.38. The van der Waals surface area contributed by atoms with E-state index in [-0.39, 0.29) is 35.5 Å². The van der Waals surface area contributed by atoms with Crippen LogP contribution in [-0.4, -0.2) is 93.6 Å². The third-order valence-corrected chi connectivity index (χ3v) is 8.34. The van der Waals surface area contributed by atoms with Gasteiger partial charge in [-0.3, -0.25) is 14.0 Å². The van der Waals surface area contributed by atoms with Crippen molar-refractivity contribution in [2.24, 2.45) is 5.92 Å². The zero-order valence-electron chi connectivity index (χ0n) is 24.8. The van der Waals surface area contributed by atoms with Crippen molar-refractivity contribution in [2.45, 2.75) is 19.4 Å². The quantitative estimate of drug-likeness (QED) is 0.293. The van der Waals surface area contributed by atoms with Gasteiger partial charge < -0.3 is 30.3 Å². The Morgan fingerprint density at radius 1 is 1.07 bits per heavy atom. The number of imidazole rings is 1. The molecule has 11 nitrogen and oxygen atoms in total. The third-order valence-electron chi connectivity index (χ3n) is 8.34. The van der Waals surface area contributed by atoms with Crippen LogP contribution in [0.1, 0.15) is 22.3 Å². The van der Waals surface area contributed by atoms with Crippen LogP contribution in [0, 0.1) is 24.5 Å². The number of aliphatic hydroxyl groups excluding tert-OH is 1. The number of fused-ring (bicyclic) bond motifs is 1. The Morgan fingerprint density at radius 3 is 2.53 bits per heavy atom. The van der Waals surface area contributed by atoms with Gasteiger partial charge in [0.25, 0.3) is 5.91 Å². The van der Waals surface area contributed by atoms with Crippen LogP contribution in [0.25, 0.3) is 16.9 Å². The van der Waals surface area contributed by atoms with Crippen LogP contribution in [0.4, 0.5) is 20.3 Å². The molecule has 0 spiro atoms. The number of hydrogen-bond donors (Lipinski definition) is 3. The van der Waals surface area contributed by atoms with Gasteiger partial charge in [0.2, 0.25) is 11.7 Å². The van der Waals surface area contributed by atoms with Crippen molar-refractivity contribution >= 4 is 41.4 Å². The molecule has 2 atom stereocenters. The van der Waals surface area contributed by atoms with Crippen molar-refractivity contribution < 1.29 is 28.2 Å². The summed E-state index contributed by atoms with van der Waals surface area (Å²) in [6, 6.07) is 8.14. The molecular weight excluding hydrogens is 608 g/mol. The van der Waals surface area contributed by atoms with Crippen molar-refractivity contribution in [2.75, 3.05) is 51.7 Å². The Morgan fingerprint density at radius 2 is 1.82 bits per heavy atom. The summed E-state index contributed by atoms with van der Waals surface area (Å²) < 4.78 is 35.7. The molecule has 0 unspecified atom stereocenters. The third kappa shape index (κ3) is 6.15. The number of piperazine rings is 1. The smallest absolute Gasteiger partial charge is 0.254 e. The lowest BCUT2D eigenvalue weighted by atomic mass is 9.93. The van der Waals surface area contributed by atoms with E-state index < -0.39 is 23.7 Å². The average molecular weight is 642 g/mol. The zero-order chi connectivity index (χ0) is 31.0. The lowest BCUT2D eigenvalue weighted by molar-refractivity contribution is -0.141. The highest BCUT2D eigenvalue weighted by molar-refractivity contribution is 5.96. The van der Waals surface area contributed by atoms with Crippen molar-refractivity contribution in [3.63, 3.8) is 0 Å². The molecule has 2 aliphatic rings. The first-order valence-corrected chi connectivity index (χ1v) is 14.5. The number of carbonyl (C=O) groups is 2. The number of aliphatic hydroxyl groups is 1. The van der Waals surface area contributed by atoms with E-state index in [0.717, 1.165) is 5.56 Å². The number of methoxy groups -OCH3 is 1. The molecule has 2 amide bonds. The van der Waals surface area contributed by atoms with E-state index in [1.807, 2.05) is 13.0 Å². The molecular formula is C31H34ClF2N7O4. The summed E-state index contributed by atoms with van der Waals surface area (Å²) in [5.41, 5.74) is 2.75. The second-order valence-electron chi connectivity index (χ2n) is 11.0. The standard InChI is InChI=1S/C31H33F2N7O4.ClH/c1-18-15-19(3-4-20(18)30(42)38-11-13-39(14-12-38)31(43)22-7-8-34-17-24(22)41)37-28-29-36-16-23(40(29)10-9-35-28)21-5-6-25(44-2)27(33)26(21)32;/h3-6,9-10,15-16,22,24,34,41H,7-8,11-14,17H2,1-2H3,(H,35,37);1H/t22-,24-;/m1./s1. The average Bonchev–Trinajstić information content (AvgIpc) is 3.47. The number of anilines is 2. The molecule has 0 radical (unpaired) electrons. The van der Waals surface area contributed by atoms with Gasteiger partial charge in [-0.25, -0.2) is 14.4 Å². The topological polar surface area (TPSA) is 124 Å². The van der Waals surface area contributed by atoms with Gasteiger partial charge in [0, 0.05) is 61.9 Å². The number of piperidine rings is 1. The highest BCUT2D eigenvalue weighted by atomic mass is 35.5. The number of halogens is 3. The molecule has 3 N–H and O–H groups in total. The maximum absolute atomic E-state index is 14.8. The Bertz CT molecular complexity index is 1730. The summed E-state index contributed by atoms with van der Waals surface area (Å²) in [4.78, 5) is 38.6. The molecule has 6 rings (SSSR count). The number of aryl methyl sites for hydroxylation is 1. The van der Waals surface area contributed by atoms with Gasteiger partial charge in [-0.15, -0.1) is 12.4 Å². The van der Waals surface area contributed by atoms with Gasteiger partial charge in [-0.1, -0.05) is 0 Å². The van der Waals surface area contributed by atoms with Crippen LogP contribution in [0.5, 0.6) is 5.75 Å². The first kappa shape index (κ1) is 32.1. The Labute approximate surface area is 264 Å². The van der Waals surface area contributed by atoms with Gasteiger partial charge in [0.1, 0.15) is 0 Å². The van der Waals surface area contributed by atoms with E-state index in [2.05, 4.69) is 20.6 Å². The Hall–Kier alpha value is -4.33. The molecule has 238 valence electrons. The van der Waals surface area contributed by atoms with E-state index in [0.29, 0.717) is 74.1 Å². The molecule has 45 heavy (non-hydrogen) atoms. The SMILES string of the molecule is COc1ccc(-c2cnc3c(Nc4ccc(C(=O)N5CCN(C(=O)[C@@H]6CCNC[C@H]6O)CC5)c(C)c4)nccn23)c(F)c1F.Cl. The largest absolute Gasteiger partial charge is 0.494 e. The second kappa shape index (κ2) is 13.3. The molecule has 4 heterocycles. The molecule has 4 aromatic rings. The van der Waals surface area contributed by atoms with Crippen LogP contribution in [0.15, 0.2) is 48.9 Å². The predicted octanol–water partition coefficient (Wildman–Crippen LogP) is 3.41. The fraction of sp³-hybridized carbons (Fsp3) is 0.355. The number of carbonyl (C=O) groups excluding carboxylic acids is 2. The van der Waals surface area contributed by atoms with Crippen molar-refractivity contribution in [3.05, 3.63) is 71.7 Å². The summed E-state index contributed by atoms with van der Waals surface area (Å²) in [5.74, 6) is -2.48. The maximum Gasteiger partial charge on any atom is 0.254 e. The first-order chi connectivity index (χ1) is 21.3. The molecule has 2 aromatic heterocycles. The number of nitrogens with one attached hydrogen (secondary N) is 2. The number of ether oxygens (including phenoxy) is 1. The summed E-state index contributed by atoms with van der Waals surface area (Å²) in [6.07, 6.45) is 4.50. The normalized spacial score (nSPS) is 18.4. The lowest BCUT2D eigenvalue weighted by Crippen LogP contribution is -2.55. The summed E-state index contributed by atoms with van der Waals surface area (Å²) in [5, 5.41) is 16.5. The van der Waals surface area contributed by atoms with E-state index in [1.54, 1.807) is 32.5 Å². The Balaban J connectivity index is 0.00000400. The molecule has 0 saturated carbocycles. The van der Waals surface area contributed by atoms with E-state index in [9.17, 15) is 23.5 Å². The van der Waals surface area contributed by atoms with Crippen LogP contribution in [-0.2, 0) is 4.79 Å². The van der Waals surface area contributed by atoms with Crippen LogP contribution < -0.4 is 15.4 Å². The van der Waals surface area contributed by atoms with Gasteiger partial charge in [0.05, 0.1) is 31.0 Å². The predicted molar refractivity (Wildman–Crippen MR) is 166 cm³/mol. The molecule has 0 aliphatic carbocycles. The number of nitrogens with zero attached hydrogens (tertiary/aromatic N) is 5. The number of benzene rings is 2. The van der Waals surface area contributed by atoms with Crippen molar-refractivity contribution in [1.29, 1.82) is 0 Å². The van der Waals surface area contributed by atoms with Crippen LogP contribution in [0.2, 0.25) is 0 Å². The minimum atomic E-state index is -1.08. The van der Waals surface area contributed by atoms with Crippen molar-refractivity contribution in [1.82, 2.24) is 29.5 Å². The van der Waals surface area contributed by atoms with Gasteiger partial charge in [0.15, 0.2) is 23.0 Å². The fourth-order valence-electron chi connectivity index (χ4n) is 5.88. The van der Waals surface area contributed by atoms with Crippen LogP contribution in [0.3, 0.4) is 0 Å². The molecule has 2 aromatic carbocycles. The highest BCUT2D eigenvalue weighted by Gasteiger charge is 2.34.